The molecule has 1 atom stereocenters. The Bertz CT molecular complexity index is 1100. The fourth-order valence-electron chi connectivity index (χ4n) is 4.11. The average molecular weight is 407 g/mol. The zero-order valence-corrected chi connectivity index (χ0v) is 17.5. The lowest BCUT2D eigenvalue weighted by Gasteiger charge is -2.44. The summed E-state index contributed by atoms with van der Waals surface area (Å²) in [6.45, 7) is 6.82. The number of hydrogen-bond donors (Lipinski definition) is 1. The van der Waals surface area contributed by atoms with Crippen molar-refractivity contribution in [2.45, 2.75) is 39.3 Å². The van der Waals surface area contributed by atoms with E-state index in [1.54, 1.807) is 19.1 Å². The number of para-hydroxylation sites is 1. The summed E-state index contributed by atoms with van der Waals surface area (Å²) in [5.74, 6) is -0.422. The number of carbonyl (C=O) groups excluding carboxylic acids is 2. The molecule has 0 spiro atoms. The Kier molecular flexibility index (Phi) is 5.10. The smallest absolute Gasteiger partial charge is 0.275 e. The average Bonchev–Trinajstić information content (AvgIpc) is 3.08. The lowest BCUT2D eigenvalue weighted by molar-refractivity contribution is -0.126. The van der Waals surface area contributed by atoms with Gasteiger partial charge in [0.15, 0.2) is 0 Å². The summed E-state index contributed by atoms with van der Waals surface area (Å²) in [6.07, 6.45) is 0.851. The van der Waals surface area contributed by atoms with Gasteiger partial charge in [-0.05, 0) is 55.7 Å². The second kappa shape index (κ2) is 7.59. The van der Waals surface area contributed by atoms with Gasteiger partial charge in [0.1, 0.15) is 17.1 Å². The summed E-state index contributed by atoms with van der Waals surface area (Å²) in [4.78, 5) is 28.5. The van der Waals surface area contributed by atoms with Gasteiger partial charge in [-0.25, -0.2) is 4.39 Å². The maximum atomic E-state index is 13.6. The highest BCUT2D eigenvalue weighted by Gasteiger charge is 2.48. The molecule has 0 radical (unpaired) electrons. The molecule has 2 heterocycles. The molecule has 1 aliphatic rings. The number of nitrogens with zero attached hydrogens (tertiary/aromatic N) is 2. The van der Waals surface area contributed by atoms with Gasteiger partial charge in [0.25, 0.3) is 5.91 Å². The van der Waals surface area contributed by atoms with Crippen molar-refractivity contribution >= 4 is 28.4 Å². The quantitative estimate of drug-likeness (QED) is 0.683. The van der Waals surface area contributed by atoms with E-state index in [9.17, 15) is 14.0 Å². The Balaban J connectivity index is 1.81. The van der Waals surface area contributed by atoms with E-state index in [1.165, 1.54) is 17.0 Å². The third-order valence-corrected chi connectivity index (χ3v) is 5.77. The van der Waals surface area contributed by atoms with Crippen molar-refractivity contribution in [3.63, 3.8) is 0 Å². The second-order valence-electron chi connectivity index (χ2n) is 8.50. The molecule has 1 N–H and O–H groups in total. The SMILES string of the molecule is CC(C)CCNC(=O)C1(C)Cn2c(cc3ccccc32)C(=O)N1c1ccc(F)cc1. The molecule has 2 aromatic carbocycles. The number of anilines is 1. The van der Waals surface area contributed by atoms with Gasteiger partial charge < -0.3 is 9.88 Å². The Labute approximate surface area is 175 Å². The van der Waals surface area contributed by atoms with E-state index in [0.717, 1.165) is 17.3 Å². The highest BCUT2D eigenvalue weighted by atomic mass is 19.1. The monoisotopic (exact) mass is 407 g/mol. The van der Waals surface area contributed by atoms with Gasteiger partial charge >= 0.3 is 0 Å². The number of rotatable bonds is 5. The molecule has 1 aliphatic heterocycles. The van der Waals surface area contributed by atoms with Crippen molar-refractivity contribution in [3.05, 3.63) is 66.1 Å². The van der Waals surface area contributed by atoms with E-state index in [2.05, 4.69) is 19.2 Å². The second-order valence-corrected chi connectivity index (χ2v) is 8.50. The summed E-state index contributed by atoms with van der Waals surface area (Å²) in [5, 5.41) is 3.96. The minimum Gasteiger partial charge on any atom is -0.354 e. The van der Waals surface area contributed by atoms with Crippen LogP contribution in [0.5, 0.6) is 0 Å². The van der Waals surface area contributed by atoms with Crippen molar-refractivity contribution in [1.29, 1.82) is 0 Å². The third kappa shape index (κ3) is 3.36. The lowest BCUT2D eigenvalue weighted by Crippen LogP contribution is -2.64. The highest BCUT2D eigenvalue weighted by Crippen LogP contribution is 2.35. The van der Waals surface area contributed by atoms with Crippen LogP contribution in [0.4, 0.5) is 10.1 Å². The van der Waals surface area contributed by atoms with Gasteiger partial charge in [-0.3, -0.25) is 14.5 Å². The molecule has 30 heavy (non-hydrogen) atoms. The standard InChI is InChI=1S/C24H26FN3O2/c1-16(2)12-13-26-23(30)24(3)15-27-20-7-5-4-6-17(20)14-21(27)22(29)28(24)19-10-8-18(25)9-11-19/h4-11,14,16H,12-13,15H2,1-3H3,(H,26,30). The van der Waals surface area contributed by atoms with Crippen LogP contribution in [0.15, 0.2) is 54.6 Å². The molecule has 156 valence electrons. The topological polar surface area (TPSA) is 54.3 Å². The molecule has 0 bridgehead atoms. The van der Waals surface area contributed by atoms with Gasteiger partial charge in [0.2, 0.25) is 5.91 Å². The number of carbonyl (C=O) groups is 2. The van der Waals surface area contributed by atoms with Crippen molar-refractivity contribution < 1.29 is 14.0 Å². The fourth-order valence-corrected chi connectivity index (χ4v) is 4.11. The molecular weight excluding hydrogens is 381 g/mol. The van der Waals surface area contributed by atoms with Gasteiger partial charge in [-0.15, -0.1) is 0 Å². The van der Waals surface area contributed by atoms with Crippen molar-refractivity contribution in [3.8, 4) is 0 Å². The maximum absolute atomic E-state index is 13.6. The molecule has 1 unspecified atom stereocenters. The van der Waals surface area contributed by atoms with E-state index in [0.29, 0.717) is 30.4 Å². The Hall–Kier alpha value is -3.15. The summed E-state index contributed by atoms with van der Waals surface area (Å²) < 4.78 is 15.5. The maximum Gasteiger partial charge on any atom is 0.275 e. The number of hydrogen-bond acceptors (Lipinski definition) is 2. The molecule has 5 nitrogen and oxygen atoms in total. The van der Waals surface area contributed by atoms with Crippen LogP contribution >= 0.6 is 0 Å². The summed E-state index contributed by atoms with van der Waals surface area (Å²) in [6, 6.07) is 15.3. The van der Waals surface area contributed by atoms with E-state index < -0.39 is 5.54 Å². The summed E-state index contributed by atoms with van der Waals surface area (Å²) in [5.41, 5.74) is 0.786. The highest BCUT2D eigenvalue weighted by molar-refractivity contribution is 6.14. The Morgan fingerprint density at radius 3 is 2.57 bits per heavy atom. The molecule has 3 aromatic rings. The zero-order valence-electron chi connectivity index (χ0n) is 17.5. The molecule has 0 fully saturated rings. The van der Waals surface area contributed by atoms with Crippen LogP contribution in [-0.4, -0.2) is 28.5 Å². The van der Waals surface area contributed by atoms with Crippen LogP contribution in [0.3, 0.4) is 0 Å². The number of halogens is 1. The molecule has 0 saturated carbocycles. The molecular formula is C24H26FN3O2. The first-order valence-corrected chi connectivity index (χ1v) is 10.3. The van der Waals surface area contributed by atoms with E-state index in [-0.39, 0.29) is 17.6 Å². The van der Waals surface area contributed by atoms with Gasteiger partial charge in [0, 0.05) is 23.1 Å². The number of amides is 2. The van der Waals surface area contributed by atoms with Crippen molar-refractivity contribution in [2.24, 2.45) is 5.92 Å². The van der Waals surface area contributed by atoms with Gasteiger partial charge in [-0.1, -0.05) is 32.0 Å². The summed E-state index contributed by atoms with van der Waals surface area (Å²) in [7, 11) is 0. The fraction of sp³-hybridized carbons (Fsp3) is 0.333. The summed E-state index contributed by atoms with van der Waals surface area (Å²) >= 11 is 0. The molecule has 1 aromatic heterocycles. The predicted molar refractivity (Wildman–Crippen MR) is 116 cm³/mol. The van der Waals surface area contributed by atoms with Crippen LogP contribution in [0, 0.1) is 11.7 Å². The lowest BCUT2D eigenvalue weighted by atomic mass is 9.93. The molecule has 2 amide bonds. The van der Waals surface area contributed by atoms with E-state index >= 15 is 0 Å². The van der Waals surface area contributed by atoms with E-state index in [4.69, 9.17) is 0 Å². The van der Waals surface area contributed by atoms with Crippen LogP contribution in [0.2, 0.25) is 0 Å². The zero-order chi connectivity index (χ0) is 21.5. The van der Waals surface area contributed by atoms with Crippen molar-refractivity contribution in [1.82, 2.24) is 9.88 Å². The van der Waals surface area contributed by atoms with Crippen LogP contribution in [0.25, 0.3) is 10.9 Å². The Morgan fingerprint density at radius 1 is 1.17 bits per heavy atom. The van der Waals surface area contributed by atoms with Crippen LogP contribution in [0.1, 0.15) is 37.7 Å². The number of fused-ring (bicyclic) bond motifs is 3. The minimum absolute atomic E-state index is 0.218. The molecule has 4 rings (SSSR count). The number of nitrogens with one attached hydrogen (secondary N) is 1. The Morgan fingerprint density at radius 2 is 1.87 bits per heavy atom. The number of aromatic nitrogens is 1. The van der Waals surface area contributed by atoms with Crippen LogP contribution in [-0.2, 0) is 11.3 Å². The van der Waals surface area contributed by atoms with Crippen LogP contribution < -0.4 is 10.2 Å². The van der Waals surface area contributed by atoms with Crippen molar-refractivity contribution in [2.75, 3.05) is 11.4 Å². The first-order valence-electron chi connectivity index (χ1n) is 10.3. The van der Waals surface area contributed by atoms with Gasteiger partial charge in [-0.2, -0.15) is 0 Å². The largest absolute Gasteiger partial charge is 0.354 e. The molecule has 6 heteroatoms. The first-order chi connectivity index (χ1) is 14.3. The van der Waals surface area contributed by atoms with Gasteiger partial charge in [0.05, 0.1) is 6.54 Å². The third-order valence-electron chi connectivity index (χ3n) is 5.77. The molecule has 0 saturated heterocycles. The predicted octanol–water partition coefficient (Wildman–Crippen LogP) is 4.36. The minimum atomic E-state index is -1.15. The first kappa shape index (κ1) is 20.1. The molecule has 0 aliphatic carbocycles. The number of benzene rings is 2. The van der Waals surface area contributed by atoms with E-state index in [1.807, 2.05) is 34.9 Å². The normalized spacial score (nSPS) is 18.7.